The number of hydrogen-bond acceptors (Lipinski definition) is 5. The highest BCUT2D eigenvalue weighted by atomic mass is 16.5. The van der Waals surface area contributed by atoms with Crippen LogP contribution in [0.5, 0.6) is 0 Å². The number of carbonyl (C=O) groups excluding carboxylic acids is 1. The Morgan fingerprint density at radius 2 is 1.92 bits per heavy atom. The van der Waals surface area contributed by atoms with Gasteiger partial charge < -0.3 is 19.3 Å². The molecule has 0 spiro atoms. The predicted molar refractivity (Wildman–Crippen MR) is 91.7 cm³/mol. The summed E-state index contributed by atoms with van der Waals surface area (Å²) in [6, 6.07) is 7.65. The monoisotopic (exact) mass is 338 g/mol. The smallest absolute Gasteiger partial charge is 0.315 e. The van der Waals surface area contributed by atoms with Gasteiger partial charge in [0.2, 0.25) is 0 Å². The number of hydrogen-bond donors (Lipinski definition) is 1. The Morgan fingerprint density at radius 1 is 1.25 bits per heavy atom. The molecular formula is C18H26O6. The van der Waals surface area contributed by atoms with Crippen molar-refractivity contribution in [3.63, 3.8) is 0 Å². The van der Waals surface area contributed by atoms with E-state index >= 15 is 0 Å². The van der Waals surface area contributed by atoms with Gasteiger partial charge in [-0.25, -0.2) is 0 Å². The summed E-state index contributed by atoms with van der Waals surface area (Å²) in [4.78, 5) is 21.1. The standard InChI is InChI=1S/C15H20O4.C3H6O2/c1-4-19-9-8-12-6-5-7-13(10-12)14(11-17-2)15(16)18-3;1-2-3(4)5/h5-10,14H,4,11H2,1-3H3;2H2,1H3,(H,4,5)/b9-8+;. The van der Waals surface area contributed by atoms with Crippen molar-refractivity contribution in [2.75, 3.05) is 27.4 Å². The fourth-order valence-electron chi connectivity index (χ4n) is 1.71. The number of aliphatic carboxylic acids is 1. The molecule has 0 bridgehead atoms. The molecule has 134 valence electrons. The molecule has 0 aromatic heterocycles. The molecule has 0 radical (unpaired) electrons. The summed E-state index contributed by atoms with van der Waals surface area (Å²) in [5.41, 5.74) is 1.84. The van der Waals surface area contributed by atoms with Crippen LogP contribution in [0.4, 0.5) is 0 Å². The van der Waals surface area contributed by atoms with Crippen molar-refractivity contribution < 1.29 is 28.9 Å². The summed E-state index contributed by atoms with van der Waals surface area (Å²) in [6.07, 6.45) is 3.72. The van der Waals surface area contributed by atoms with Crippen LogP contribution >= 0.6 is 0 Å². The number of ether oxygens (including phenoxy) is 3. The van der Waals surface area contributed by atoms with Crippen LogP contribution in [0.15, 0.2) is 30.5 Å². The molecule has 1 aromatic rings. The molecule has 1 atom stereocenters. The summed E-state index contributed by atoms with van der Waals surface area (Å²) in [6.45, 7) is 4.45. The van der Waals surface area contributed by atoms with Crippen LogP contribution < -0.4 is 0 Å². The third-order valence-corrected chi connectivity index (χ3v) is 2.96. The van der Waals surface area contributed by atoms with E-state index in [1.165, 1.54) is 7.11 Å². The Morgan fingerprint density at radius 3 is 2.42 bits per heavy atom. The van der Waals surface area contributed by atoms with Gasteiger partial charge in [0.1, 0.15) is 5.92 Å². The van der Waals surface area contributed by atoms with Gasteiger partial charge in [-0.3, -0.25) is 9.59 Å². The van der Waals surface area contributed by atoms with E-state index in [2.05, 4.69) is 0 Å². The highest BCUT2D eigenvalue weighted by molar-refractivity contribution is 5.78. The maximum absolute atomic E-state index is 11.7. The minimum atomic E-state index is -0.745. The van der Waals surface area contributed by atoms with Gasteiger partial charge in [0.15, 0.2) is 0 Å². The van der Waals surface area contributed by atoms with Gasteiger partial charge in [-0.05, 0) is 24.1 Å². The lowest BCUT2D eigenvalue weighted by Gasteiger charge is -2.14. The summed E-state index contributed by atoms with van der Waals surface area (Å²) in [5, 5.41) is 7.72. The molecule has 24 heavy (non-hydrogen) atoms. The number of benzene rings is 1. The Kier molecular flexibility index (Phi) is 11.9. The fraction of sp³-hybridized carbons (Fsp3) is 0.444. The Bertz CT molecular complexity index is 524. The molecule has 0 saturated heterocycles. The summed E-state index contributed by atoms with van der Waals surface area (Å²) >= 11 is 0. The molecule has 0 fully saturated rings. The van der Waals surface area contributed by atoms with Crippen molar-refractivity contribution in [1.29, 1.82) is 0 Å². The molecule has 0 heterocycles. The van der Waals surface area contributed by atoms with Gasteiger partial charge in [-0.1, -0.05) is 31.2 Å². The van der Waals surface area contributed by atoms with Crippen molar-refractivity contribution in [3.8, 4) is 0 Å². The molecule has 0 aliphatic heterocycles. The number of methoxy groups -OCH3 is 2. The SMILES string of the molecule is CCC(=O)O.CCO/C=C/c1cccc(C(COC)C(=O)OC)c1. The van der Waals surface area contributed by atoms with Crippen LogP contribution in [0.1, 0.15) is 37.3 Å². The second-order valence-electron chi connectivity index (χ2n) is 4.71. The molecule has 0 aliphatic rings. The van der Waals surface area contributed by atoms with Crippen molar-refractivity contribution in [2.24, 2.45) is 0 Å². The van der Waals surface area contributed by atoms with E-state index in [0.29, 0.717) is 13.2 Å². The Labute approximate surface area is 143 Å². The number of carboxylic acids is 1. The lowest BCUT2D eigenvalue weighted by atomic mass is 9.98. The van der Waals surface area contributed by atoms with Crippen LogP contribution in [0, 0.1) is 0 Å². The molecule has 0 amide bonds. The van der Waals surface area contributed by atoms with E-state index in [-0.39, 0.29) is 12.4 Å². The zero-order valence-electron chi connectivity index (χ0n) is 14.7. The minimum absolute atomic E-state index is 0.222. The molecule has 6 heteroatoms. The maximum atomic E-state index is 11.7. The number of carboxylic acid groups (broad SMARTS) is 1. The zero-order chi connectivity index (χ0) is 18.4. The topological polar surface area (TPSA) is 82.1 Å². The second-order valence-corrected chi connectivity index (χ2v) is 4.71. The molecule has 6 nitrogen and oxygen atoms in total. The third kappa shape index (κ3) is 8.95. The molecular weight excluding hydrogens is 312 g/mol. The van der Waals surface area contributed by atoms with E-state index in [1.807, 2.05) is 37.3 Å². The quantitative estimate of drug-likeness (QED) is 0.579. The van der Waals surface area contributed by atoms with Gasteiger partial charge in [0.25, 0.3) is 0 Å². The minimum Gasteiger partial charge on any atom is -0.501 e. The van der Waals surface area contributed by atoms with E-state index < -0.39 is 11.9 Å². The van der Waals surface area contributed by atoms with Crippen molar-refractivity contribution in [3.05, 3.63) is 41.7 Å². The number of esters is 1. The first-order valence-electron chi connectivity index (χ1n) is 7.66. The van der Waals surface area contributed by atoms with E-state index in [9.17, 15) is 9.59 Å². The van der Waals surface area contributed by atoms with Crippen LogP contribution in [0.3, 0.4) is 0 Å². The van der Waals surface area contributed by atoms with Gasteiger partial charge in [-0.2, -0.15) is 0 Å². The van der Waals surface area contributed by atoms with Gasteiger partial charge in [-0.15, -0.1) is 0 Å². The highest BCUT2D eigenvalue weighted by Crippen LogP contribution is 2.19. The molecule has 0 saturated carbocycles. The molecule has 1 aromatic carbocycles. The van der Waals surface area contributed by atoms with Crippen molar-refractivity contribution in [1.82, 2.24) is 0 Å². The van der Waals surface area contributed by atoms with Crippen LogP contribution in [-0.4, -0.2) is 44.5 Å². The molecule has 0 aliphatic carbocycles. The molecule has 1 rings (SSSR count). The average molecular weight is 338 g/mol. The molecule has 1 N–H and O–H groups in total. The number of rotatable bonds is 8. The van der Waals surface area contributed by atoms with Crippen LogP contribution in [0.25, 0.3) is 6.08 Å². The van der Waals surface area contributed by atoms with Crippen LogP contribution in [0.2, 0.25) is 0 Å². The van der Waals surface area contributed by atoms with Gasteiger partial charge >= 0.3 is 11.9 Å². The normalized spacial score (nSPS) is 11.3. The van der Waals surface area contributed by atoms with Gasteiger partial charge in [0.05, 0.1) is 26.6 Å². The van der Waals surface area contributed by atoms with E-state index in [0.717, 1.165) is 11.1 Å². The lowest BCUT2D eigenvalue weighted by molar-refractivity contribution is -0.143. The van der Waals surface area contributed by atoms with Gasteiger partial charge in [0, 0.05) is 13.5 Å². The average Bonchev–Trinajstić information content (AvgIpc) is 2.60. The first-order chi connectivity index (χ1) is 11.5. The predicted octanol–water partition coefficient (Wildman–Crippen LogP) is 3.08. The van der Waals surface area contributed by atoms with Crippen LogP contribution in [-0.2, 0) is 23.8 Å². The fourth-order valence-corrected chi connectivity index (χ4v) is 1.71. The third-order valence-electron chi connectivity index (χ3n) is 2.96. The zero-order valence-corrected chi connectivity index (χ0v) is 14.7. The summed E-state index contributed by atoms with van der Waals surface area (Å²) in [5.74, 6) is -1.45. The lowest BCUT2D eigenvalue weighted by Crippen LogP contribution is -2.19. The Hall–Kier alpha value is -2.34. The summed E-state index contributed by atoms with van der Waals surface area (Å²) in [7, 11) is 2.94. The first-order valence-corrected chi connectivity index (χ1v) is 7.66. The maximum Gasteiger partial charge on any atom is 0.315 e. The summed E-state index contributed by atoms with van der Waals surface area (Å²) < 4.78 is 15.0. The largest absolute Gasteiger partial charge is 0.501 e. The Balaban J connectivity index is 0.000000922. The second kappa shape index (κ2) is 13.1. The first kappa shape index (κ1) is 21.7. The van der Waals surface area contributed by atoms with Crippen molar-refractivity contribution in [2.45, 2.75) is 26.2 Å². The van der Waals surface area contributed by atoms with E-state index in [4.69, 9.17) is 19.3 Å². The van der Waals surface area contributed by atoms with Crippen molar-refractivity contribution >= 4 is 18.0 Å². The highest BCUT2D eigenvalue weighted by Gasteiger charge is 2.21. The van der Waals surface area contributed by atoms with E-state index in [1.54, 1.807) is 20.3 Å². The molecule has 1 unspecified atom stereocenters. The number of carbonyl (C=O) groups is 2.